The summed E-state index contributed by atoms with van der Waals surface area (Å²) in [6, 6.07) is 25.4. The van der Waals surface area contributed by atoms with Gasteiger partial charge in [-0.05, 0) is 48.0 Å². The summed E-state index contributed by atoms with van der Waals surface area (Å²) in [5, 5.41) is 11.9. The Morgan fingerprint density at radius 1 is 0.806 bits per heavy atom. The van der Waals surface area contributed by atoms with Crippen molar-refractivity contribution in [2.45, 2.75) is 25.9 Å². The minimum Gasteiger partial charge on any atom is -0.496 e. The Kier molecular flexibility index (Phi) is 8.10. The minimum absolute atomic E-state index is 0.406. The highest BCUT2D eigenvalue weighted by Crippen LogP contribution is 2.36. The van der Waals surface area contributed by atoms with E-state index in [1.54, 1.807) is 7.11 Å². The van der Waals surface area contributed by atoms with E-state index in [1.807, 2.05) is 78.9 Å². The molecular formula is C27H33NO3. The van der Waals surface area contributed by atoms with E-state index in [9.17, 15) is 5.11 Å². The molecule has 1 unspecified atom stereocenters. The zero-order chi connectivity index (χ0) is 22.1. The molecule has 0 aliphatic heterocycles. The van der Waals surface area contributed by atoms with E-state index in [4.69, 9.17) is 9.47 Å². The lowest BCUT2D eigenvalue weighted by Crippen LogP contribution is -2.30. The predicted molar refractivity (Wildman–Crippen MR) is 126 cm³/mol. The fourth-order valence-electron chi connectivity index (χ4n) is 3.87. The first-order valence-corrected chi connectivity index (χ1v) is 11.0. The number of methoxy groups -OCH3 is 1. The van der Waals surface area contributed by atoms with E-state index in [-0.39, 0.29) is 0 Å². The SMILES string of the molecule is CCN(CC)CCOc1ccc(C(O)(Cc2ccccc2OC)c2ccccc2)cc1. The van der Waals surface area contributed by atoms with Crippen LogP contribution in [0.2, 0.25) is 0 Å². The van der Waals surface area contributed by atoms with Crippen molar-refractivity contribution in [3.8, 4) is 11.5 Å². The molecule has 31 heavy (non-hydrogen) atoms. The number of benzene rings is 3. The van der Waals surface area contributed by atoms with Crippen LogP contribution in [0.1, 0.15) is 30.5 Å². The van der Waals surface area contributed by atoms with Crippen LogP contribution >= 0.6 is 0 Å². The molecule has 0 amide bonds. The molecule has 3 aromatic carbocycles. The first kappa shape index (κ1) is 22.9. The summed E-state index contributed by atoms with van der Waals surface area (Å²) in [4.78, 5) is 2.33. The van der Waals surface area contributed by atoms with Gasteiger partial charge in [-0.2, -0.15) is 0 Å². The molecule has 1 N–H and O–H groups in total. The van der Waals surface area contributed by atoms with Crippen LogP contribution in [-0.4, -0.2) is 43.4 Å². The van der Waals surface area contributed by atoms with Crippen molar-refractivity contribution in [3.63, 3.8) is 0 Å². The summed E-state index contributed by atoms with van der Waals surface area (Å²) in [6.45, 7) is 7.90. The number of aliphatic hydroxyl groups is 1. The lowest BCUT2D eigenvalue weighted by Gasteiger charge is -2.30. The molecule has 164 valence electrons. The Hall–Kier alpha value is -2.82. The second-order valence-electron chi connectivity index (χ2n) is 7.61. The van der Waals surface area contributed by atoms with Crippen LogP contribution in [0.15, 0.2) is 78.9 Å². The van der Waals surface area contributed by atoms with Crippen LogP contribution in [0.4, 0.5) is 0 Å². The molecule has 1 atom stereocenters. The van der Waals surface area contributed by atoms with Gasteiger partial charge in [0.1, 0.15) is 23.7 Å². The van der Waals surface area contributed by atoms with Crippen molar-refractivity contribution in [3.05, 3.63) is 95.6 Å². The maximum atomic E-state index is 11.9. The number of hydrogen-bond acceptors (Lipinski definition) is 4. The van der Waals surface area contributed by atoms with Crippen molar-refractivity contribution >= 4 is 0 Å². The number of likely N-dealkylation sites (N-methyl/N-ethyl adjacent to an activating group) is 1. The van der Waals surface area contributed by atoms with Crippen molar-refractivity contribution < 1.29 is 14.6 Å². The second-order valence-corrected chi connectivity index (χ2v) is 7.61. The topological polar surface area (TPSA) is 41.9 Å². The maximum Gasteiger partial charge on any atom is 0.122 e. The van der Waals surface area contributed by atoms with Gasteiger partial charge < -0.3 is 19.5 Å². The van der Waals surface area contributed by atoms with Gasteiger partial charge in [-0.15, -0.1) is 0 Å². The van der Waals surface area contributed by atoms with Crippen molar-refractivity contribution in [1.82, 2.24) is 4.90 Å². The summed E-state index contributed by atoms with van der Waals surface area (Å²) in [6.07, 6.45) is 0.406. The van der Waals surface area contributed by atoms with Crippen LogP contribution in [0.5, 0.6) is 11.5 Å². The minimum atomic E-state index is -1.18. The van der Waals surface area contributed by atoms with E-state index >= 15 is 0 Å². The van der Waals surface area contributed by atoms with Gasteiger partial charge in [0.2, 0.25) is 0 Å². The van der Waals surface area contributed by atoms with Crippen LogP contribution in [0, 0.1) is 0 Å². The summed E-state index contributed by atoms with van der Waals surface area (Å²) >= 11 is 0. The normalized spacial score (nSPS) is 13.1. The molecule has 0 aliphatic carbocycles. The molecule has 0 heterocycles. The standard InChI is InChI=1S/C27H33NO3/c1-4-28(5-2)19-20-31-25-17-15-24(16-18-25)27(29,23-12-7-6-8-13-23)21-22-11-9-10-14-26(22)30-3/h6-18,29H,4-5,19-21H2,1-3H3. The first-order chi connectivity index (χ1) is 15.1. The monoisotopic (exact) mass is 419 g/mol. The molecule has 3 rings (SSSR count). The Labute approximate surface area is 186 Å². The number of rotatable bonds is 11. The van der Waals surface area contributed by atoms with Crippen molar-refractivity contribution in [2.75, 3.05) is 33.4 Å². The Morgan fingerprint density at radius 2 is 1.42 bits per heavy atom. The van der Waals surface area contributed by atoms with Crippen LogP contribution in [0.3, 0.4) is 0 Å². The Balaban J connectivity index is 1.85. The molecule has 3 aromatic rings. The van der Waals surface area contributed by atoms with Crippen LogP contribution < -0.4 is 9.47 Å². The first-order valence-electron chi connectivity index (χ1n) is 11.0. The summed E-state index contributed by atoms with van der Waals surface area (Å²) < 4.78 is 11.5. The summed E-state index contributed by atoms with van der Waals surface area (Å²) in [7, 11) is 1.66. The fourth-order valence-corrected chi connectivity index (χ4v) is 3.87. The van der Waals surface area contributed by atoms with Gasteiger partial charge in [0.05, 0.1) is 7.11 Å². The van der Waals surface area contributed by atoms with Gasteiger partial charge in [-0.25, -0.2) is 0 Å². The molecule has 0 fully saturated rings. The average molecular weight is 420 g/mol. The van der Waals surface area contributed by atoms with Crippen LogP contribution in [0.25, 0.3) is 0 Å². The van der Waals surface area contributed by atoms with E-state index in [1.165, 1.54) is 0 Å². The molecule has 0 saturated heterocycles. The van der Waals surface area contributed by atoms with Crippen molar-refractivity contribution in [1.29, 1.82) is 0 Å². The summed E-state index contributed by atoms with van der Waals surface area (Å²) in [5.41, 5.74) is 1.43. The smallest absolute Gasteiger partial charge is 0.122 e. The highest BCUT2D eigenvalue weighted by Gasteiger charge is 2.32. The molecule has 0 spiro atoms. The van der Waals surface area contributed by atoms with E-state index < -0.39 is 5.60 Å². The largest absolute Gasteiger partial charge is 0.496 e. The molecule has 0 radical (unpaired) electrons. The lowest BCUT2D eigenvalue weighted by atomic mass is 9.81. The highest BCUT2D eigenvalue weighted by atomic mass is 16.5. The quantitative estimate of drug-likeness (QED) is 0.480. The van der Waals surface area contributed by atoms with Gasteiger partial charge in [-0.1, -0.05) is 74.5 Å². The number of nitrogens with zero attached hydrogens (tertiary/aromatic N) is 1. The van der Waals surface area contributed by atoms with E-state index in [2.05, 4.69) is 18.7 Å². The predicted octanol–water partition coefficient (Wildman–Crippen LogP) is 4.89. The molecule has 4 heteroatoms. The van der Waals surface area contributed by atoms with Gasteiger partial charge in [0.15, 0.2) is 0 Å². The fraction of sp³-hybridized carbons (Fsp3) is 0.333. The van der Waals surface area contributed by atoms with Gasteiger partial charge in [0, 0.05) is 13.0 Å². The molecule has 0 aliphatic rings. The maximum absolute atomic E-state index is 11.9. The lowest BCUT2D eigenvalue weighted by molar-refractivity contribution is 0.0803. The van der Waals surface area contributed by atoms with Gasteiger partial charge in [0.25, 0.3) is 0 Å². The average Bonchev–Trinajstić information content (AvgIpc) is 2.83. The Bertz CT molecular complexity index is 923. The molecule has 0 bridgehead atoms. The molecular weight excluding hydrogens is 386 g/mol. The van der Waals surface area contributed by atoms with E-state index in [0.717, 1.165) is 47.8 Å². The third kappa shape index (κ3) is 5.66. The number of hydrogen-bond donors (Lipinski definition) is 1. The third-order valence-corrected chi connectivity index (χ3v) is 5.79. The summed E-state index contributed by atoms with van der Waals surface area (Å²) in [5.74, 6) is 1.58. The van der Waals surface area contributed by atoms with Gasteiger partial charge >= 0.3 is 0 Å². The zero-order valence-corrected chi connectivity index (χ0v) is 18.8. The number of para-hydroxylation sites is 1. The number of ether oxygens (including phenoxy) is 2. The second kappa shape index (κ2) is 11.0. The van der Waals surface area contributed by atoms with Crippen molar-refractivity contribution in [2.24, 2.45) is 0 Å². The molecule has 0 aromatic heterocycles. The zero-order valence-electron chi connectivity index (χ0n) is 18.8. The Morgan fingerprint density at radius 3 is 2.06 bits per heavy atom. The van der Waals surface area contributed by atoms with Crippen LogP contribution in [-0.2, 0) is 12.0 Å². The van der Waals surface area contributed by atoms with Gasteiger partial charge in [-0.3, -0.25) is 0 Å². The molecule has 4 nitrogen and oxygen atoms in total. The third-order valence-electron chi connectivity index (χ3n) is 5.79. The highest BCUT2D eigenvalue weighted by molar-refractivity contribution is 5.43. The van der Waals surface area contributed by atoms with E-state index in [0.29, 0.717) is 13.0 Å². The molecule has 0 saturated carbocycles.